The van der Waals surface area contributed by atoms with E-state index in [9.17, 15) is 4.79 Å². The van der Waals surface area contributed by atoms with E-state index in [2.05, 4.69) is 18.0 Å². The molecular weight excluding hydrogens is 224 g/mol. The van der Waals surface area contributed by atoms with Crippen LogP contribution in [0.3, 0.4) is 0 Å². The van der Waals surface area contributed by atoms with Gasteiger partial charge in [0.1, 0.15) is 5.78 Å². The standard InChI is InChI=1S/C15H22N2O/c1-2-5-12(10-16)15(18)13-8-3-6-11-7-4-9-17-14(11)13/h4,7,9,12-13H,2-3,5-6,8,10,16H2,1H3. The first-order valence-electron chi connectivity index (χ1n) is 6.95. The lowest BCUT2D eigenvalue weighted by atomic mass is 9.79. The molecule has 0 fully saturated rings. The predicted molar refractivity (Wildman–Crippen MR) is 72.4 cm³/mol. The number of aromatic nitrogens is 1. The van der Waals surface area contributed by atoms with Gasteiger partial charge in [-0.2, -0.15) is 0 Å². The summed E-state index contributed by atoms with van der Waals surface area (Å²) in [6.45, 7) is 2.56. The van der Waals surface area contributed by atoms with Crippen molar-refractivity contribution in [2.45, 2.75) is 44.9 Å². The smallest absolute Gasteiger partial charge is 0.146 e. The van der Waals surface area contributed by atoms with Crippen molar-refractivity contribution in [1.82, 2.24) is 4.98 Å². The Balaban J connectivity index is 2.21. The van der Waals surface area contributed by atoms with E-state index < -0.39 is 0 Å². The summed E-state index contributed by atoms with van der Waals surface area (Å²) in [4.78, 5) is 17.0. The Morgan fingerprint density at radius 3 is 3.17 bits per heavy atom. The number of fused-ring (bicyclic) bond motifs is 1. The SMILES string of the molecule is CCCC(CN)C(=O)C1CCCc2cccnc21. The third-order valence-corrected chi connectivity index (χ3v) is 3.86. The van der Waals surface area contributed by atoms with E-state index in [0.29, 0.717) is 12.3 Å². The van der Waals surface area contributed by atoms with E-state index in [4.69, 9.17) is 5.73 Å². The van der Waals surface area contributed by atoms with Crippen molar-refractivity contribution in [1.29, 1.82) is 0 Å². The summed E-state index contributed by atoms with van der Waals surface area (Å²) >= 11 is 0. The third-order valence-electron chi connectivity index (χ3n) is 3.86. The van der Waals surface area contributed by atoms with E-state index in [-0.39, 0.29) is 11.8 Å². The molecule has 18 heavy (non-hydrogen) atoms. The average molecular weight is 246 g/mol. The Morgan fingerprint density at radius 1 is 1.61 bits per heavy atom. The van der Waals surface area contributed by atoms with Gasteiger partial charge in [-0.15, -0.1) is 0 Å². The molecule has 0 aromatic carbocycles. The molecule has 0 amide bonds. The molecule has 1 aromatic rings. The molecule has 0 saturated carbocycles. The van der Waals surface area contributed by atoms with Crippen LogP contribution in [-0.2, 0) is 11.2 Å². The molecular formula is C15H22N2O. The number of ketones is 1. The van der Waals surface area contributed by atoms with E-state index in [1.165, 1.54) is 5.56 Å². The number of carbonyl (C=O) groups excluding carboxylic acids is 1. The number of hydrogen-bond donors (Lipinski definition) is 1. The summed E-state index contributed by atoms with van der Waals surface area (Å²) in [5, 5.41) is 0. The first-order valence-corrected chi connectivity index (χ1v) is 6.95. The highest BCUT2D eigenvalue weighted by atomic mass is 16.1. The molecule has 3 nitrogen and oxygen atoms in total. The minimum absolute atomic E-state index is 0.00737. The van der Waals surface area contributed by atoms with Crippen molar-refractivity contribution in [2.24, 2.45) is 11.7 Å². The maximum Gasteiger partial charge on any atom is 0.146 e. The molecule has 98 valence electrons. The second kappa shape index (κ2) is 6.10. The van der Waals surface area contributed by atoms with Crippen LogP contribution in [0.2, 0.25) is 0 Å². The molecule has 2 N–H and O–H groups in total. The highest BCUT2D eigenvalue weighted by Crippen LogP contribution is 2.32. The normalized spacial score (nSPS) is 20.2. The minimum atomic E-state index is -0.0185. The van der Waals surface area contributed by atoms with Gasteiger partial charge in [0.15, 0.2) is 0 Å². The first-order chi connectivity index (χ1) is 8.77. The largest absolute Gasteiger partial charge is 0.330 e. The fraction of sp³-hybridized carbons (Fsp3) is 0.600. The van der Waals surface area contributed by atoms with E-state index in [0.717, 1.165) is 37.8 Å². The molecule has 3 heteroatoms. The molecule has 2 rings (SSSR count). The highest BCUT2D eigenvalue weighted by Gasteiger charge is 2.31. The summed E-state index contributed by atoms with van der Waals surface area (Å²) < 4.78 is 0. The van der Waals surface area contributed by atoms with Crippen LogP contribution in [0.5, 0.6) is 0 Å². The zero-order chi connectivity index (χ0) is 13.0. The van der Waals surface area contributed by atoms with Crippen molar-refractivity contribution < 1.29 is 4.79 Å². The maximum absolute atomic E-state index is 12.6. The van der Waals surface area contributed by atoms with E-state index in [1.54, 1.807) is 6.20 Å². The lowest BCUT2D eigenvalue weighted by molar-refractivity contribution is -0.124. The second-order valence-electron chi connectivity index (χ2n) is 5.12. The van der Waals surface area contributed by atoms with Crippen LogP contribution in [-0.4, -0.2) is 17.3 Å². The molecule has 0 radical (unpaired) electrons. The number of carbonyl (C=O) groups is 1. The summed E-state index contributed by atoms with van der Waals surface area (Å²) in [5.74, 6) is 0.294. The number of hydrogen-bond acceptors (Lipinski definition) is 3. The van der Waals surface area contributed by atoms with Crippen LogP contribution >= 0.6 is 0 Å². The summed E-state index contributed by atoms with van der Waals surface area (Å²) in [5.41, 5.74) is 7.99. The summed E-state index contributed by atoms with van der Waals surface area (Å²) in [6, 6.07) is 4.05. The Labute approximate surface area is 109 Å². The van der Waals surface area contributed by atoms with E-state index >= 15 is 0 Å². The minimum Gasteiger partial charge on any atom is -0.330 e. The topological polar surface area (TPSA) is 56.0 Å². The van der Waals surface area contributed by atoms with Gasteiger partial charge in [0.25, 0.3) is 0 Å². The van der Waals surface area contributed by atoms with Crippen LogP contribution in [0.25, 0.3) is 0 Å². The van der Waals surface area contributed by atoms with Crippen LogP contribution in [0.1, 0.15) is 49.8 Å². The van der Waals surface area contributed by atoms with Gasteiger partial charge in [-0.1, -0.05) is 19.4 Å². The van der Waals surface area contributed by atoms with Gasteiger partial charge in [-0.05, 0) is 37.3 Å². The van der Waals surface area contributed by atoms with Gasteiger partial charge in [0.2, 0.25) is 0 Å². The Kier molecular flexibility index (Phi) is 4.48. The van der Waals surface area contributed by atoms with Gasteiger partial charge in [0.05, 0.1) is 11.6 Å². The summed E-state index contributed by atoms with van der Waals surface area (Å²) in [7, 11) is 0. The highest BCUT2D eigenvalue weighted by molar-refractivity contribution is 5.88. The Hall–Kier alpha value is -1.22. The fourth-order valence-electron chi connectivity index (χ4n) is 2.90. The number of pyridine rings is 1. The molecule has 0 saturated heterocycles. The van der Waals surface area contributed by atoms with Crippen molar-refractivity contribution in [3.8, 4) is 0 Å². The molecule has 2 atom stereocenters. The molecule has 0 bridgehead atoms. The molecule has 0 aliphatic heterocycles. The van der Waals surface area contributed by atoms with E-state index in [1.807, 2.05) is 6.07 Å². The van der Waals surface area contributed by atoms with Gasteiger partial charge < -0.3 is 5.73 Å². The van der Waals surface area contributed by atoms with Crippen LogP contribution < -0.4 is 5.73 Å². The van der Waals surface area contributed by atoms with Gasteiger partial charge in [-0.25, -0.2) is 0 Å². The maximum atomic E-state index is 12.6. The van der Waals surface area contributed by atoms with Crippen molar-refractivity contribution in [2.75, 3.05) is 6.54 Å². The number of nitrogens with two attached hydrogens (primary N) is 1. The molecule has 1 aliphatic carbocycles. The monoisotopic (exact) mass is 246 g/mol. The van der Waals surface area contributed by atoms with Crippen molar-refractivity contribution in [3.05, 3.63) is 29.6 Å². The molecule has 1 aromatic heterocycles. The van der Waals surface area contributed by atoms with Crippen LogP contribution in [0.4, 0.5) is 0 Å². The molecule has 0 spiro atoms. The van der Waals surface area contributed by atoms with Gasteiger partial charge in [0, 0.05) is 18.7 Å². The third kappa shape index (κ3) is 2.61. The van der Waals surface area contributed by atoms with Crippen LogP contribution in [0, 0.1) is 5.92 Å². The molecule has 2 unspecified atom stereocenters. The predicted octanol–water partition coefficient (Wildman–Crippen LogP) is 2.45. The second-order valence-corrected chi connectivity index (χ2v) is 5.12. The van der Waals surface area contributed by atoms with Crippen molar-refractivity contribution in [3.63, 3.8) is 0 Å². The number of nitrogens with zero attached hydrogens (tertiary/aromatic N) is 1. The lowest BCUT2D eigenvalue weighted by Gasteiger charge is -2.26. The first kappa shape index (κ1) is 13.2. The molecule has 1 heterocycles. The number of Topliss-reactive ketones (excluding diaryl/α,β-unsaturated/α-hetero) is 1. The Bertz CT molecular complexity index is 417. The Morgan fingerprint density at radius 2 is 2.44 bits per heavy atom. The average Bonchev–Trinajstić information content (AvgIpc) is 2.43. The number of aryl methyl sites for hydroxylation is 1. The van der Waals surface area contributed by atoms with Gasteiger partial charge in [-0.3, -0.25) is 9.78 Å². The summed E-state index contributed by atoms with van der Waals surface area (Å²) in [6.07, 6.45) is 6.76. The zero-order valence-electron chi connectivity index (χ0n) is 11.1. The lowest BCUT2D eigenvalue weighted by Crippen LogP contribution is -2.30. The molecule has 1 aliphatic rings. The van der Waals surface area contributed by atoms with Crippen molar-refractivity contribution >= 4 is 5.78 Å². The van der Waals surface area contributed by atoms with Gasteiger partial charge >= 0.3 is 0 Å². The quantitative estimate of drug-likeness (QED) is 0.868. The zero-order valence-corrected chi connectivity index (χ0v) is 11.1. The number of rotatable bonds is 5. The fourth-order valence-corrected chi connectivity index (χ4v) is 2.90. The van der Waals surface area contributed by atoms with Crippen LogP contribution in [0.15, 0.2) is 18.3 Å².